The van der Waals surface area contributed by atoms with Gasteiger partial charge in [-0.05, 0) is 54.3 Å². The number of primary amides is 1. The summed E-state index contributed by atoms with van der Waals surface area (Å²) in [5, 5.41) is 0. The van der Waals surface area contributed by atoms with E-state index in [1.807, 2.05) is 20.8 Å². The number of amides is 2. The fourth-order valence-electron chi connectivity index (χ4n) is 4.56. The van der Waals surface area contributed by atoms with Gasteiger partial charge in [-0.3, -0.25) is 9.59 Å². The van der Waals surface area contributed by atoms with E-state index >= 15 is 0 Å². The summed E-state index contributed by atoms with van der Waals surface area (Å²) in [5.41, 5.74) is 7.68. The van der Waals surface area contributed by atoms with Gasteiger partial charge >= 0.3 is 0 Å². The Labute approximate surface area is 240 Å². The topological polar surface area (TPSA) is 134 Å². The number of hydrogen-bond acceptors (Lipinski definition) is 8. The molecule has 0 aromatic heterocycles. The Morgan fingerprint density at radius 1 is 1.02 bits per heavy atom. The highest BCUT2D eigenvalue weighted by Gasteiger charge is 2.31. The van der Waals surface area contributed by atoms with Crippen molar-refractivity contribution >= 4 is 21.8 Å². The lowest BCUT2D eigenvalue weighted by atomic mass is 10.0. The summed E-state index contributed by atoms with van der Waals surface area (Å²) >= 11 is 0. The number of hydrogen-bond donors (Lipinski definition) is 1. The van der Waals surface area contributed by atoms with E-state index in [2.05, 4.69) is 0 Å². The van der Waals surface area contributed by atoms with Crippen molar-refractivity contribution in [2.75, 3.05) is 21.0 Å². The van der Waals surface area contributed by atoms with Crippen LogP contribution in [0.5, 0.6) is 23.0 Å². The smallest absolute Gasteiger partial charge is 0.267 e. The van der Waals surface area contributed by atoms with Gasteiger partial charge in [0.1, 0.15) is 5.75 Å². The van der Waals surface area contributed by atoms with Crippen molar-refractivity contribution in [2.24, 2.45) is 5.73 Å². The van der Waals surface area contributed by atoms with E-state index in [-0.39, 0.29) is 28.9 Å². The molecule has 0 fully saturated rings. The van der Waals surface area contributed by atoms with Gasteiger partial charge in [0.2, 0.25) is 18.6 Å². The lowest BCUT2D eigenvalue weighted by molar-refractivity contribution is -0.125. The molecular formula is C30H34N2O8S. The Hall–Kier alpha value is -4.25. The molecule has 10 nitrogen and oxygen atoms in total. The highest BCUT2D eigenvalue weighted by atomic mass is 32.2. The summed E-state index contributed by atoms with van der Waals surface area (Å²) < 4.78 is 49.9. The van der Waals surface area contributed by atoms with Crippen LogP contribution in [0.25, 0.3) is 0 Å². The fraction of sp³-hybridized carbons (Fsp3) is 0.333. The molecule has 2 N–H and O–H groups in total. The van der Waals surface area contributed by atoms with Crippen molar-refractivity contribution in [2.45, 2.75) is 50.5 Å². The van der Waals surface area contributed by atoms with Gasteiger partial charge < -0.3 is 24.7 Å². The van der Waals surface area contributed by atoms with E-state index in [1.165, 1.54) is 32.4 Å². The number of carbonyl (C=O) groups excluding carboxylic acids is 2. The van der Waals surface area contributed by atoms with Crippen molar-refractivity contribution < 1.29 is 37.0 Å². The third kappa shape index (κ3) is 5.95. The average molecular weight is 583 g/mol. The lowest BCUT2D eigenvalue weighted by Gasteiger charge is -2.23. The van der Waals surface area contributed by atoms with Crippen LogP contribution >= 0.6 is 0 Å². The van der Waals surface area contributed by atoms with Crippen LogP contribution in [-0.4, -0.2) is 45.5 Å². The lowest BCUT2D eigenvalue weighted by Crippen LogP contribution is -2.34. The molecule has 11 heteroatoms. The molecule has 0 saturated carbocycles. The third-order valence-corrected chi connectivity index (χ3v) is 8.60. The van der Waals surface area contributed by atoms with Crippen molar-refractivity contribution in [1.82, 2.24) is 4.31 Å². The minimum atomic E-state index is -4.14. The normalized spacial score (nSPS) is 13.1. The zero-order chi connectivity index (χ0) is 29.9. The second kappa shape index (κ2) is 12.1. The SMILES string of the molecule is CCCc1c(OC(C(N)=O)c2cc(OC)c3c(c2)OCO3)cccc1C(=O)N(C)S(=O)(=O)c1ccc(C(C)C)cc1. The largest absolute Gasteiger partial charge is 0.493 e. The molecule has 218 valence electrons. The standard InChI is InChI=1S/C30H34N2O8S/c1-6-8-22-23(30(34)32(4)41(35,36)21-13-11-19(12-14-21)18(2)3)9-7-10-24(22)40-27(29(31)33)20-15-25(37-5)28-26(16-20)38-17-39-28/h7,9-16,18,27H,6,8,17H2,1-5H3,(H2,31,33). The van der Waals surface area contributed by atoms with Crippen LogP contribution in [0.4, 0.5) is 0 Å². The van der Waals surface area contributed by atoms with Crippen molar-refractivity contribution in [3.05, 3.63) is 76.9 Å². The molecule has 3 aromatic carbocycles. The number of nitrogens with zero attached hydrogens (tertiary/aromatic N) is 1. The van der Waals surface area contributed by atoms with Crippen LogP contribution in [-0.2, 0) is 21.2 Å². The van der Waals surface area contributed by atoms with Crippen molar-refractivity contribution in [1.29, 1.82) is 0 Å². The van der Waals surface area contributed by atoms with E-state index < -0.39 is 27.9 Å². The monoisotopic (exact) mass is 582 g/mol. The maximum absolute atomic E-state index is 13.6. The molecule has 1 atom stereocenters. The summed E-state index contributed by atoms with van der Waals surface area (Å²) in [7, 11) is -1.46. The first-order valence-electron chi connectivity index (χ1n) is 13.2. The van der Waals surface area contributed by atoms with Crippen LogP contribution in [0.15, 0.2) is 59.5 Å². The quantitative estimate of drug-likeness (QED) is 0.348. The first kappa shape index (κ1) is 29.7. The molecule has 0 saturated heterocycles. The molecular weight excluding hydrogens is 548 g/mol. The van der Waals surface area contributed by atoms with E-state index in [0.717, 1.165) is 9.87 Å². The number of sulfonamides is 1. The maximum atomic E-state index is 13.6. The summed E-state index contributed by atoms with van der Waals surface area (Å²) in [6.45, 7) is 5.93. The van der Waals surface area contributed by atoms with Crippen LogP contribution in [0, 0.1) is 0 Å². The zero-order valence-electron chi connectivity index (χ0n) is 23.7. The second-order valence-electron chi connectivity index (χ2n) is 9.89. The molecule has 0 aliphatic carbocycles. The molecule has 41 heavy (non-hydrogen) atoms. The zero-order valence-corrected chi connectivity index (χ0v) is 24.5. The van der Waals surface area contributed by atoms with Gasteiger partial charge in [0, 0.05) is 23.7 Å². The molecule has 1 heterocycles. The van der Waals surface area contributed by atoms with E-state index in [9.17, 15) is 18.0 Å². The molecule has 3 aromatic rings. The molecule has 0 radical (unpaired) electrons. The Morgan fingerprint density at radius 3 is 2.34 bits per heavy atom. The summed E-state index contributed by atoms with van der Waals surface area (Å²) in [6.07, 6.45) is -0.267. The number of carbonyl (C=O) groups is 2. The van der Waals surface area contributed by atoms with Crippen molar-refractivity contribution in [3.63, 3.8) is 0 Å². The number of benzene rings is 3. The van der Waals surface area contributed by atoms with Crippen LogP contribution in [0.2, 0.25) is 0 Å². The highest BCUT2D eigenvalue weighted by molar-refractivity contribution is 7.89. The van der Waals surface area contributed by atoms with Crippen LogP contribution < -0.4 is 24.7 Å². The maximum Gasteiger partial charge on any atom is 0.267 e. The Morgan fingerprint density at radius 2 is 1.73 bits per heavy atom. The number of ether oxygens (including phenoxy) is 4. The molecule has 1 aliphatic rings. The molecule has 4 rings (SSSR count). The Kier molecular flexibility index (Phi) is 8.77. The highest BCUT2D eigenvalue weighted by Crippen LogP contribution is 2.44. The molecule has 1 unspecified atom stereocenters. The summed E-state index contributed by atoms with van der Waals surface area (Å²) in [6, 6.07) is 14.3. The number of nitrogens with two attached hydrogens (primary N) is 1. The predicted octanol–water partition coefficient (Wildman–Crippen LogP) is 4.57. The average Bonchev–Trinajstić information content (AvgIpc) is 3.44. The van der Waals surface area contributed by atoms with E-state index in [1.54, 1.807) is 36.4 Å². The van der Waals surface area contributed by atoms with Gasteiger partial charge in [0.05, 0.1) is 12.0 Å². The minimum absolute atomic E-state index is 0.000340. The first-order valence-corrected chi connectivity index (χ1v) is 14.6. The number of methoxy groups -OCH3 is 1. The van der Waals surface area contributed by atoms with Gasteiger partial charge in [-0.1, -0.05) is 45.4 Å². The number of rotatable bonds is 11. The Bertz CT molecular complexity index is 1550. The molecule has 1 aliphatic heterocycles. The van der Waals surface area contributed by atoms with E-state index in [0.29, 0.717) is 41.2 Å². The van der Waals surface area contributed by atoms with Gasteiger partial charge in [-0.25, -0.2) is 12.7 Å². The molecule has 2 amide bonds. The van der Waals surface area contributed by atoms with Crippen molar-refractivity contribution in [3.8, 4) is 23.0 Å². The third-order valence-electron chi connectivity index (χ3n) is 6.84. The molecule has 0 spiro atoms. The number of fused-ring (bicyclic) bond motifs is 1. The fourth-order valence-corrected chi connectivity index (χ4v) is 5.68. The summed E-state index contributed by atoms with van der Waals surface area (Å²) in [5.74, 6) is 0.0679. The van der Waals surface area contributed by atoms with Gasteiger partial charge in [0.15, 0.2) is 11.5 Å². The second-order valence-corrected chi connectivity index (χ2v) is 11.9. The van der Waals surface area contributed by atoms with Gasteiger partial charge in [0.25, 0.3) is 21.8 Å². The Balaban J connectivity index is 1.70. The predicted molar refractivity (Wildman–Crippen MR) is 152 cm³/mol. The van der Waals surface area contributed by atoms with Crippen LogP contribution in [0.1, 0.15) is 66.3 Å². The van der Waals surface area contributed by atoms with Gasteiger partial charge in [-0.2, -0.15) is 0 Å². The van der Waals surface area contributed by atoms with E-state index in [4.69, 9.17) is 24.7 Å². The minimum Gasteiger partial charge on any atom is -0.493 e. The van der Waals surface area contributed by atoms with Crippen LogP contribution in [0.3, 0.4) is 0 Å². The van der Waals surface area contributed by atoms with Gasteiger partial charge in [-0.15, -0.1) is 0 Å². The first-order chi connectivity index (χ1) is 19.5. The molecule has 0 bridgehead atoms. The summed E-state index contributed by atoms with van der Waals surface area (Å²) in [4.78, 5) is 26.2.